The van der Waals surface area contributed by atoms with Gasteiger partial charge < -0.3 is 20.3 Å². The zero-order valence-corrected chi connectivity index (χ0v) is 21.9. The summed E-state index contributed by atoms with van der Waals surface area (Å²) in [5.74, 6) is -0.228. The monoisotopic (exact) mass is 527 g/mol. The largest absolute Gasteiger partial charge is 0.506 e. The molecular weight excluding hydrogens is 494 g/mol. The maximum absolute atomic E-state index is 12.6. The van der Waals surface area contributed by atoms with Gasteiger partial charge in [0, 0.05) is 24.2 Å². The van der Waals surface area contributed by atoms with Crippen molar-refractivity contribution >= 4 is 39.9 Å². The lowest BCUT2D eigenvalue weighted by Gasteiger charge is -2.36. The Morgan fingerprint density at radius 3 is 2.54 bits per heavy atom. The summed E-state index contributed by atoms with van der Waals surface area (Å²) in [6.07, 6.45) is 0.741. The fourth-order valence-electron chi connectivity index (χ4n) is 3.88. The third kappa shape index (κ3) is 7.47. The van der Waals surface area contributed by atoms with Gasteiger partial charge in [-0.1, -0.05) is 31.2 Å². The highest BCUT2D eigenvalue weighted by atomic mass is 35.5. The van der Waals surface area contributed by atoms with Gasteiger partial charge >= 0.3 is 6.09 Å². The predicted molar refractivity (Wildman–Crippen MR) is 139 cm³/mol. The van der Waals surface area contributed by atoms with Gasteiger partial charge in [-0.15, -0.1) is 12.4 Å². The number of aliphatic hydroxyl groups is 1. The van der Waals surface area contributed by atoms with Crippen LogP contribution in [0.15, 0.2) is 42.5 Å². The molecule has 2 atom stereocenters. The first-order valence-electron chi connectivity index (χ1n) is 11.2. The van der Waals surface area contributed by atoms with Gasteiger partial charge in [-0.05, 0) is 50.5 Å². The van der Waals surface area contributed by atoms with E-state index < -0.39 is 21.7 Å². The highest BCUT2D eigenvalue weighted by Crippen LogP contribution is 2.36. The van der Waals surface area contributed by atoms with Gasteiger partial charge in [0.25, 0.3) is 0 Å². The number of hydrogen-bond donors (Lipinski definition) is 4. The summed E-state index contributed by atoms with van der Waals surface area (Å²) in [4.78, 5) is 14.3. The van der Waals surface area contributed by atoms with E-state index in [2.05, 4.69) is 10.0 Å². The lowest BCUT2D eigenvalue weighted by Crippen LogP contribution is -2.46. The lowest BCUT2D eigenvalue weighted by molar-refractivity contribution is 0.0946. The molecule has 0 saturated heterocycles. The normalized spacial score (nSPS) is 16.7. The second kappa shape index (κ2) is 11.5. The van der Waals surface area contributed by atoms with Crippen LogP contribution in [0.5, 0.6) is 5.75 Å². The number of nitrogens with one attached hydrogen (secondary N) is 2. The van der Waals surface area contributed by atoms with E-state index in [0.29, 0.717) is 24.9 Å². The number of anilines is 2. The number of ether oxygens (including phenoxy) is 1. The van der Waals surface area contributed by atoms with Gasteiger partial charge in [0.15, 0.2) is 0 Å². The van der Waals surface area contributed by atoms with Crippen molar-refractivity contribution in [3.05, 3.63) is 53.6 Å². The number of halogens is 1. The molecule has 0 fully saturated rings. The smallest absolute Gasteiger partial charge is 0.414 e. The molecule has 1 heterocycles. The highest BCUT2D eigenvalue weighted by Gasteiger charge is 2.32. The van der Waals surface area contributed by atoms with Crippen LogP contribution in [0.25, 0.3) is 0 Å². The molecule has 0 aromatic heterocycles. The van der Waals surface area contributed by atoms with Gasteiger partial charge in [0.1, 0.15) is 11.9 Å². The van der Waals surface area contributed by atoms with Crippen LogP contribution < -0.4 is 14.9 Å². The van der Waals surface area contributed by atoms with E-state index in [-0.39, 0.29) is 42.6 Å². The van der Waals surface area contributed by atoms with Crippen LogP contribution in [0.2, 0.25) is 0 Å². The number of para-hydroxylation sites is 1. The molecule has 1 aliphatic rings. The van der Waals surface area contributed by atoms with E-state index in [4.69, 9.17) is 4.74 Å². The first-order chi connectivity index (χ1) is 15.9. The number of aliphatic hydroxyl groups excluding tert-OH is 1. The average molecular weight is 528 g/mol. The summed E-state index contributed by atoms with van der Waals surface area (Å²) in [6, 6.07) is 12.0. The van der Waals surface area contributed by atoms with Crippen LogP contribution >= 0.6 is 12.4 Å². The van der Waals surface area contributed by atoms with E-state index in [1.54, 1.807) is 4.90 Å². The third-order valence-corrected chi connectivity index (χ3v) is 6.43. The molecular formula is C24H34ClN3O6S. The molecule has 0 bridgehead atoms. The Hall–Kier alpha value is -2.53. The number of nitrogens with zero attached hydrogens (tertiary/aromatic N) is 1. The summed E-state index contributed by atoms with van der Waals surface area (Å²) in [7, 11) is -3.58. The quantitative estimate of drug-likeness (QED) is 0.343. The molecule has 194 valence electrons. The second-order valence-electron chi connectivity index (χ2n) is 9.17. The van der Waals surface area contributed by atoms with Crippen molar-refractivity contribution in [1.82, 2.24) is 5.32 Å². The van der Waals surface area contributed by atoms with Crippen LogP contribution in [-0.4, -0.2) is 49.6 Å². The van der Waals surface area contributed by atoms with Gasteiger partial charge in [0.2, 0.25) is 10.0 Å². The minimum absolute atomic E-state index is 0. The van der Waals surface area contributed by atoms with Crippen LogP contribution in [0.3, 0.4) is 0 Å². The van der Waals surface area contributed by atoms with E-state index in [1.807, 2.05) is 45.0 Å². The van der Waals surface area contributed by atoms with Crippen molar-refractivity contribution in [2.75, 3.05) is 29.0 Å². The van der Waals surface area contributed by atoms with Crippen LogP contribution in [0.1, 0.15) is 56.9 Å². The number of cyclic esters (lactones) is 1. The van der Waals surface area contributed by atoms with Gasteiger partial charge in [-0.25, -0.2) is 13.2 Å². The number of benzene rings is 2. The number of aromatic hydroxyl groups is 1. The number of phenols is 1. The van der Waals surface area contributed by atoms with Crippen LogP contribution in [0.4, 0.5) is 16.2 Å². The molecule has 0 spiro atoms. The number of sulfonamides is 1. The second-order valence-corrected chi connectivity index (χ2v) is 10.9. The van der Waals surface area contributed by atoms with Crippen molar-refractivity contribution in [2.45, 2.75) is 51.4 Å². The summed E-state index contributed by atoms with van der Waals surface area (Å²) in [5, 5.41) is 23.8. The van der Waals surface area contributed by atoms with Crippen LogP contribution in [0, 0.1) is 0 Å². The lowest BCUT2D eigenvalue weighted by atomic mass is 9.97. The molecule has 0 saturated carbocycles. The molecule has 1 aliphatic heterocycles. The number of carbonyl (C=O) groups is 1. The molecule has 1 amide bonds. The summed E-state index contributed by atoms with van der Waals surface area (Å²) >= 11 is 0. The first kappa shape index (κ1) is 28.7. The highest BCUT2D eigenvalue weighted by molar-refractivity contribution is 7.92. The average Bonchev–Trinajstić information content (AvgIpc) is 2.77. The molecule has 11 heteroatoms. The zero-order chi connectivity index (χ0) is 25.1. The fourth-order valence-corrected chi connectivity index (χ4v) is 4.44. The maximum Gasteiger partial charge on any atom is 0.414 e. The van der Waals surface area contributed by atoms with Crippen molar-refractivity contribution in [1.29, 1.82) is 0 Å². The van der Waals surface area contributed by atoms with Gasteiger partial charge in [0.05, 0.1) is 23.7 Å². The number of rotatable bonds is 10. The maximum atomic E-state index is 12.6. The number of hydrogen-bond acceptors (Lipinski definition) is 7. The zero-order valence-electron chi connectivity index (χ0n) is 20.3. The molecule has 2 unspecified atom stereocenters. The Morgan fingerprint density at radius 2 is 1.89 bits per heavy atom. The first-order valence-corrected chi connectivity index (χ1v) is 13.1. The minimum Gasteiger partial charge on any atom is -0.506 e. The Labute approximate surface area is 212 Å². The van der Waals surface area contributed by atoms with Gasteiger partial charge in [-0.2, -0.15) is 0 Å². The van der Waals surface area contributed by atoms with E-state index >= 15 is 0 Å². The molecule has 35 heavy (non-hydrogen) atoms. The van der Waals surface area contributed by atoms with E-state index in [9.17, 15) is 23.4 Å². The summed E-state index contributed by atoms with van der Waals surface area (Å²) in [6.45, 7) is 6.56. The van der Waals surface area contributed by atoms with Crippen molar-refractivity contribution in [3.63, 3.8) is 0 Å². The minimum atomic E-state index is -3.58. The van der Waals surface area contributed by atoms with E-state index in [0.717, 1.165) is 17.5 Å². The predicted octanol–water partition coefficient (Wildman–Crippen LogP) is 4.09. The van der Waals surface area contributed by atoms with Gasteiger partial charge in [-0.3, -0.25) is 9.62 Å². The van der Waals surface area contributed by atoms with Crippen molar-refractivity contribution in [2.24, 2.45) is 0 Å². The summed E-state index contributed by atoms with van der Waals surface area (Å²) < 4.78 is 30.8. The Bertz CT molecular complexity index is 1140. The SMILES string of the molecule is CCC1OC(=O)N(CCC(C)(C)NCC(O)c2ccc(O)c(NS(C)(=O)=O)c2)c2ccccc21.Cl. The molecule has 0 aliphatic carbocycles. The van der Waals surface area contributed by atoms with Crippen molar-refractivity contribution < 1.29 is 28.2 Å². The number of phenolic OH excluding ortho intramolecular Hbond substituents is 1. The molecule has 3 rings (SSSR count). The number of amides is 1. The Balaban J connectivity index is 0.00000432. The Kier molecular flexibility index (Phi) is 9.41. The molecule has 0 radical (unpaired) electrons. The third-order valence-electron chi connectivity index (χ3n) is 5.84. The molecule has 9 nitrogen and oxygen atoms in total. The molecule has 2 aromatic rings. The topological polar surface area (TPSA) is 128 Å². The van der Waals surface area contributed by atoms with Crippen LogP contribution in [-0.2, 0) is 14.8 Å². The number of carbonyl (C=O) groups excluding carboxylic acids is 1. The molecule has 4 N–H and O–H groups in total. The Morgan fingerprint density at radius 1 is 1.20 bits per heavy atom. The van der Waals surface area contributed by atoms with E-state index in [1.165, 1.54) is 18.2 Å². The van der Waals surface area contributed by atoms with Crippen molar-refractivity contribution in [3.8, 4) is 5.75 Å². The standard InChI is InChI=1S/C24H33N3O6S.ClH/c1-5-22-17-8-6-7-9-19(17)27(23(30)33-22)13-12-24(2,3)25-15-21(29)16-10-11-20(28)18(14-16)26-34(4,31)32;/h6-11,14,21-22,25-26,28-29H,5,12-13,15H2,1-4H3;1H. The fraction of sp³-hybridized carbons (Fsp3) is 0.458. The number of fused-ring (bicyclic) bond motifs is 1. The number of β-amino-alcohol motifs (C(OH)–C–C–N with tert-alkyl or cyclic N) is 1. The summed E-state index contributed by atoms with van der Waals surface area (Å²) in [5.41, 5.74) is 1.88. The molecule has 2 aromatic carbocycles.